The molecule has 0 spiro atoms. The van der Waals surface area contributed by atoms with Gasteiger partial charge in [0, 0.05) is 54.3 Å². The first-order valence-electron chi connectivity index (χ1n) is 27.8. The molecule has 512 valence electrons. The van der Waals surface area contributed by atoms with Gasteiger partial charge in [0.25, 0.3) is 0 Å². The number of fused-ring (bicyclic) bond motifs is 1. The maximum absolute atomic E-state index is 12.7. The molecule has 0 aliphatic heterocycles. The summed E-state index contributed by atoms with van der Waals surface area (Å²) in [6, 6.07) is 3.30. The number of rotatable bonds is 18. The number of terminal acetylenes is 1. The molecule has 6 heterocycles. The third kappa shape index (κ3) is 21.3. The van der Waals surface area contributed by atoms with Gasteiger partial charge in [-0.05, 0) is 95.5 Å². The van der Waals surface area contributed by atoms with Crippen LogP contribution in [0.4, 0.5) is 74.8 Å². The van der Waals surface area contributed by atoms with Crippen LogP contribution in [0.1, 0.15) is 50.1 Å². The predicted octanol–water partition coefficient (Wildman–Crippen LogP) is 6.77. The molecule has 0 bridgehead atoms. The van der Waals surface area contributed by atoms with Gasteiger partial charge in [-0.2, -0.15) is 64.4 Å². The summed E-state index contributed by atoms with van der Waals surface area (Å²) in [5.74, 6) is 0.0829. The van der Waals surface area contributed by atoms with E-state index in [4.69, 9.17) is 55.9 Å². The number of aromatic hydroxyl groups is 1. The SMILES string of the molecule is C#Cc1c(Cl)nc(NCC(F)(F)F)nc1N[C@@H]1C[C@H](CO)[C@@H](O)[C@H]1O.CCc1cc(I)c(O)cn1.CCc1cc2cc(-c3c(Cl)nc(NCC(F)(F)F)nc3N[C@@H]3C[C@H](CO)[C@@H](O)[C@H]3O)oc2cn1.OC[C@H]1C[C@@H](Nc2nc(NCC(F)(F)F)nc(Cl)c2I)[C@H](O)[C@@H]1O. The number of nitrogens with one attached hydrogen (secondary N) is 6. The molecule has 16 N–H and O–H groups in total. The van der Waals surface area contributed by atoms with E-state index in [2.05, 4.69) is 89.7 Å². The molecule has 0 saturated heterocycles. The van der Waals surface area contributed by atoms with Gasteiger partial charge in [-0.3, -0.25) is 9.97 Å². The Morgan fingerprint density at radius 3 is 1.38 bits per heavy atom. The van der Waals surface area contributed by atoms with E-state index < -0.39 is 117 Å². The van der Waals surface area contributed by atoms with Crippen molar-refractivity contribution in [1.29, 1.82) is 0 Å². The standard InChI is InChI=1S/C21H23ClF3N5O4.C14H16ClF3N4O3.C12H15ClF3IN4O3.C7H8INO/c1-2-11-3-9-5-13(34-14(9)6-26-11)15-18(22)29-20(27-8-21(23,24)25)30-19(15)28-12-4-10(7-31)16(32)17(12)33;1-2-7-11(15)21-13(19-5-14(16,17)18)22-12(7)20-8-3-6(4-23)9(24)10(8)25;13-9-6(17)10(21-11(20-9)18-3-12(14,15)16)19-5-1-4(2-22)7(23)8(5)24;1-2-5-3-6(8)7(10)4-9-5/h3,5-6,10,12,16-17,31-33H,2,4,7-8H2,1H3,(H2,27,28,29,30);1,6,8-10,23-25H,3-5H2,(H2,19,20,21,22);4-5,7-8,22-24H,1-3H2,(H2,18,19,20,21);3-4,10H,2H2,1H3/t10-,12-,16-,17+;6-,8-,9-,10+;4-,5-,7-,8+;/m111./s1. The number of hydrogen-bond donors (Lipinski definition) is 16. The van der Waals surface area contributed by atoms with Gasteiger partial charge in [0.1, 0.15) is 82.8 Å². The molecule has 0 amide bonds. The number of furan rings is 1. The van der Waals surface area contributed by atoms with E-state index in [9.17, 15) is 80.4 Å². The van der Waals surface area contributed by atoms with Crippen molar-refractivity contribution in [3.8, 4) is 29.4 Å². The fraction of sp³-hybridized carbons (Fsp3) is 0.519. The minimum atomic E-state index is -4.51. The zero-order chi connectivity index (χ0) is 69.0. The van der Waals surface area contributed by atoms with Crippen LogP contribution in [0.3, 0.4) is 0 Å². The highest BCUT2D eigenvalue weighted by atomic mass is 127. The molecular weight excluding hydrogens is 1550 g/mol. The normalized spacial score (nSPS) is 23.6. The van der Waals surface area contributed by atoms with Crippen LogP contribution in [0, 0.1) is 37.2 Å². The van der Waals surface area contributed by atoms with Gasteiger partial charge in [-0.25, -0.2) is 4.98 Å². The molecule has 0 aromatic carbocycles. The monoisotopic (exact) mass is 1610 g/mol. The lowest BCUT2D eigenvalue weighted by molar-refractivity contribution is -0.116. The topological polar surface area (TPSA) is 391 Å². The van der Waals surface area contributed by atoms with E-state index in [1.807, 2.05) is 59.2 Å². The van der Waals surface area contributed by atoms with Gasteiger partial charge in [-0.1, -0.05) is 54.6 Å². The minimum Gasteiger partial charge on any atom is -0.505 e. The van der Waals surface area contributed by atoms with Gasteiger partial charge in [0.2, 0.25) is 17.8 Å². The summed E-state index contributed by atoms with van der Waals surface area (Å²) in [6.45, 7) is -1.04. The van der Waals surface area contributed by atoms with Crippen LogP contribution < -0.4 is 31.9 Å². The van der Waals surface area contributed by atoms with Crippen molar-refractivity contribution in [3.05, 3.63) is 70.1 Å². The lowest BCUT2D eigenvalue weighted by Crippen LogP contribution is -2.36. The molecular formula is C54H62Cl3F9I2N14O11. The van der Waals surface area contributed by atoms with E-state index in [1.165, 1.54) is 6.20 Å². The number of anilines is 6. The lowest BCUT2D eigenvalue weighted by atomic mass is 10.1. The van der Waals surface area contributed by atoms with Crippen LogP contribution in [0.15, 0.2) is 35.0 Å². The van der Waals surface area contributed by atoms with Gasteiger partial charge < -0.3 is 87.4 Å². The Kier molecular flexibility index (Phi) is 27.6. The zero-order valence-corrected chi connectivity index (χ0v) is 55.0. The third-order valence-corrected chi connectivity index (χ3v) is 17.4. The number of pyridine rings is 2. The number of aliphatic hydroxyl groups is 9. The number of aryl methyl sites for hydroxylation is 2. The van der Waals surface area contributed by atoms with Crippen LogP contribution in [-0.2, 0) is 12.8 Å². The number of hydrogen-bond acceptors (Lipinski definition) is 25. The summed E-state index contributed by atoms with van der Waals surface area (Å²) < 4.78 is 119. The van der Waals surface area contributed by atoms with Crippen LogP contribution >= 0.6 is 80.0 Å². The first-order valence-corrected chi connectivity index (χ1v) is 31.1. The van der Waals surface area contributed by atoms with Crippen LogP contribution in [0.2, 0.25) is 15.5 Å². The number of aliphatic hydroxyl groups excluding tert-OH is 9. The molecule has 6 aromatic heterocycles. The molecule has 93 heavy (non-hydrogen) atoms. The van der Waals surface area contributed by atoms with Crippen molar-refractivity contribution in [1.82, 2.24) is 39.9 Å². The molecule has 12 atom stereocenters. The number of nitrogens with zero attached hydrogens (tertiary/aromatic N) is 8. The summed E-state index contributed by atoms with van der Waals surface area (Å²) in [6.07, 6.45) is -9.84. The molecule has 0 unspecified atom stereocenters. The third-order valence-electron chi connectivity index (χ3n) is 14.4. The van der Waals surface area contributed by atoms with E-state index in [-0.39, 0.29) is 107 Å². The molecule has 25 nitrogen and oxygen atoms in total. The number of aromatic nitrogens is 8. The Morgan fingerprint density at radius 1 is 0.559 bits per heavy atom. The zero-order valence-electron chi connectivity index (χ0n) is 48.4. The van der Waals surface area contributed by atoms with Gasteiger partial charge in [0.05, 0.1) is 61.5 Å². The van der Waals surface area contributed by atoms with Crippen molar-refractivity contribution in [2.24, 2.45) is 17.8 Å². The molecule has 0 radical (unpaired) electrons. The molecule has 39 heteroatoms. The fourth-order valence-electron chi connectivity index (χ4n) is 9.55. The molecule has 3 saturated carbocycles. The Bertz CT molecular complexity index is 3520. The number of halogens is 14. The Hall–Kier alpha value is -5.42. The summed E-state index contributed by atoms with van der Waals surface area (Å²) in [5, 5.41) is 112. The van der Waals surface area contributed by atoms with E-state index in [0.29, 0.717) is 15.6 Å². The van der Waals surface area contributed by atoms with Gasteiger partial charge >= 0.3 is 18.5 Å². The quantitative estimate of drug-likeness (QED) is 0.0183. The smallest absolute Gasteiger partial charge is 0.405 e. The van der Waals surface area contributed by atoms with Crippen molar-refractivity contribution in [2.75, 3.05) is 71.4 Å². The second-order valence-corrected chi connectivity index (χ2v) is 24.4. The highest BCUT2D eigenvalue weighted by Gasteiger charge is 2.44. The summed E-state index contributed by atoms with van der Waals surface area (Å²) in [5.41, 5.74) is 2.49. The predicted molar refractivity (Wildman–Crippen MR) is 340 cm³/mol. The molecule has 6 aromatic rings. The van der Waals surface area contributed by atoms with Crippen molar-refractivity contribution in [2.45, 2.75) is 119 Å². The molecule has 3 aliphatic rings. The summed E-state index contributed by atoms with van der Waals surface area (Å²) in [7, 11) is 0. The van der Waals surface area contributed by atoms with Crippen molar-refractivity contribution in [3.63, 3.8) is 0 Å². The van der Waals surface area contributed by atoms with Gasteiger partial charge in [-0.15, -0.1) is 6.42 Å². The maximum Gasteiger partial charge on any atom is 0.405 e. The molecule has 3 aliphatic carbocycles. The second kappa shape index (κ2) is 33.5. The Morgan fingerprint density at radius 2 is 0.957 bits per heavy atom. The first kappa shape index (κ1) is 76.6. The molecule has 3 fully saturated rings. The Labute approximate surface area is 565 Å². The average molecular weight is 1610 g/mol. The van der Waals surface area contributed by atoms with Crippen LogP contribution in [0.5, 0.6) is 5.75 Å². The van der Waals surface area contributed by atoms with E-state index in [0.717, 1.165) is 26.8 Å². The minimum absolute atomic E-state index is 0.00208. The lowest BCUT2D eigenvalue weighted by Gasteiger charge is -2.21. The largest absolute Gasteiger partial charge is 0.505 e. The van der Waals surface area contributed by atoms with Gasteiger partial charge in [0.15, 0.2) is 10.7 Å². The number of alkyl halides is 9. The van der Waals surface area contributed by atoms with Crippen molar-refractivity contribution < 1.29 is 95.0 Å². The fourth-order valence-corrected chi connectivity index (χ4v) is 11.1. The highest BCUT2D eigenvalue weighted by molar-refractivity contribution is 14.1. The maximum atomic E-state index is 12.7. The van der Waals surface area contributed by atoms with E-state index >= 15 is 0 Å². The second-order valence-electron chi connectivity index (χ2n) is 21.1. The van der Waals surface area contributed by atoms with Crippen LogP contribution in [-0.4, -0.2) is 204 Å². The molecule has 9 rings (SSSR count). The summed E-state index contributed by atoms with van der Waals surface area (Å²) in [4.78, 5) is 31.5. The average Bonchev–Trinajstić information content (AvgIpc) is 1.72. The van der Waals surface area contributed by atoms with Crippen LogP contribution in [0.25, 0.3) is 22.3 Å². The summed E-state index contributed by atoms with van der Waals surface area (Å²) >= 11 is 22.1. The van der Waals surface area contributed by atoms with Crippen molar-refractivity contribution >= 4 is 126 Å². The highest BCUT2D eigenvalue weighted by Crippen LogP contribution is 2.40. The van der Waals surface area contributed by atoms with E-state index in [1.54, 1.807) is 12.3 Å². The Balaban J connectivity index is 0.000000209. The first-order chi connectivity index (χ1) is 43.6.